The van der Waals surface area contributed by atoms with Gasteiger partial charge in [-0.3, -0.25) is 9.59 Å². The van der Waals surface area contributed by atoms with Crippen molar-refractivity contribution in [2.75, 3.05) is 49.1 Å². The molecule has 2 aromatic rings. The molecular weight excluding hydrogens is 468 g/mol. The second-order valence-electron chi connectivity index (χ2n) is 10.6. The number of piperazine rings is 1. The number of ether oxygens (including phenoxy) is 1. The molecule has 37 heavy (non-hydrogen) atoms. The molecule has 5 rings (SSSR count). The number of carbonyl (C=O) groups excluding carboxylic acids is 2. The van der Waals surface area contributed by atoms with Crippen LogP contribution in [0, 0.1) is 5.92 Å². The number of hydrogen-bond donors (Lipinski definition) is 0. The number of benzene rings is 1. The van der Waals surface area contributed by atoms with Crippen LogP contribution in [0.5, 0.6) is 5.75 Å². The molecule has 0 unspecified atom stereocenters. The average molecular weight is 507 g/mol. The van der Waals surface area contributed by atoms with Crippen LogP contribution < -0.4 is 14.5 Å². The number of rotatable bonds is 9. The summed E-state index contributed by atoms with van der Waals surface area (Å²) < 4.78 is 5.63. The van der Waals surface area contributed by atoms with E-state index in [4.69, 9.17) is 14.7 Å². The van der Waals surface area contributed by atoms with Crippen molar-refractivity contribution in [3.05, 3.63) is 41.1 Å². The van der Waals surface area contributed by atoms with Crippen molar-refractivity contribution in [3.8, 4) is 5.75 Å². The van der Waals surface area contributed by atoms with E-state index in [0.29, 0.717) is 63.4 Å². The fraction of sp³-hybridized carbons (Fsp3) is 0.571. The Morgan fingerprint density at radius 3 is 2.41 bits per heavy atom. The zero-order chi connectivity index (χ0) is 26.1. The van der Waals surface area contributed by atoms with Gasteiger partial charge in [-0.2, -0.15) is 4.98 Å². The Balaban J connectivity index is 1.49. The molecule has 2 amide bonds. The molecule has 2 fully saturated rings. The maximum absolute atomic E-state index is 13.4. The molecule has 198 valence electrons. The Morgan fingerprint density at radius 1 is 1.11 bits per heavy atom. The highest BCUT2D eigenvalue weighted by Gasteiger charge is 2.37. The molecule has 1 saturated carbocycles. The van der Waals surface area contributed by atoms with E-state index in [1.165, 1.54) is 18.4 Å². The Kier molecular flexibility index (Phi) is 7.22. The van der Waals surface area contributed by atoms with Gasteiger partial charge in [0.05, 0.1) is 13.2 Å². The summed E-state index contributed by atoms with van der Waals surface area (Å²) in [5.74, 6) is 3.03. The number of amides is 2. The maximum Gasteiger partial charge on any atom is 0.273 e. The van der Waals surface area contributed by atoms with E-state index >= 15 is 0 Å². The van der Waals surface area contributed by atoms with E-state index in [2.05, 4.69) is 21.9 Å². The van der Waals surface area contributed by atoms with Gasteiger partial charge in [0, 0.05) is 57.8 Å². The summed E-state index contributed by atoms with van der Waals surface area (Å²) in [5.41, 5.74) is 2.63. The molecule has 1 aliphatic carbocycles. The van der Waals surface area contributed by atoms with Gasteiger partial charge in [-0.25, -0.2) is 4.98 Å². The predicted octanol–water partition coefficient (Wildman–Crippen LogP) is 3.32. The van der Waals surface area contributed by atoms with E-state index in [1.54, 1.807) is 6.92 Å². The highest BCUT2D eigenvalue weighted by Crippen LogP contribution is 2.37. The lowest BCUT2D eigenvalue weighted by Crippen LogP contribution is -2.48. The zero-order valence-electron chi connectivity index (χ0n) is 22.4. The van der Waals surface area contributed by atoms with Crippen molar-refractivity contribution in [2.24, 2.45) is 5.92 Å². The number of fused-ring (bicyclic) bond motifs is 1. The third-order valence-electron chi connectivity index (χ3n) is 7.48. The third kappa shape index (κ3) is 5.50. The van der Waals surface area contributed by atoms with Crippen LogP contribution in [0.3, 0.4) is 0 Å². The first-order valence-electron chi connectivity index (χ1n) is 13.5. The molecule has 3 heterocycles. The third-order valence-corrected chi connectivity index (χ3v) is 7.48. The molecule has 1 aromatic carbocycles. The van der Waals surface area contributed by atoms with Gasteiger partial charge in [0.1, 0.15) is 17.3 Å². The molecule has 0 spiro atoms. The van der Waals surface area contributed by atoms with Crippen molar-refractivity contribution >= 4 is 23.6 Å². The molecule has 9 heteroatoms. The molecule has 0 radical (unpaired) electrons. The molecule has 9 nitrogen and oxygen atoms in total. The Morgan fingerprint density at radius 2 is 1.81 bits per heavy atom. The number of anilines is 2. The second-order valence-corrected chi connectivity index (χ2v) is 10.6. The fourth-order valence-corrected chi connectivity index (χ4v) is 5.12. The summed E-state index contributed by atoms with van der Waals surface area (Å²) in [4.78, 5) is 43.4. The van der Waals surface area contributed by atoms with E-state index < -0.39 is 0 Å². The smallest absolute Gasteiger partial charge is 0.273 e. The van der Waals surface area contributed by atoms with Gasteiger partial charge < -0.3 is 24.3 Å². The van der Waals surface area contributed by atoms with Gasteiger partial charge in [0.25, 0.3) is 5.91 Å². The van der Waals surface area contributed by atoms with Crippen LogP contribution in [0.4, 0.5) is 11.8 Å². The minimum absolute atomic E-state index is 0.0234. The lowest BCUT2D eigenvalue weighted by molar-refractivity contribution is -0.129. The van der Waals surface area contributed by atoms with Gasteiger partial charge in [0.15, 0.2) is 0 Å². The fourth-order valence-electron chi connectivity index (χ4n) is 5.12. The Bertz CT molecular complexity index is 1140. The van der Waals surface area contributed by atoms with Crippen LogP contribution in [0.1, 0.15) is 62.2 Å². The Hall–Kier alpha value is -3.36. The second kappa shape index (κ2) is 10.6. The summed E-state index contributed by atoms with van der Waals surface area (Å²) in [7, 11) is 0. The first kappa shape index (κ1) is 25.3. The first-order chi connectivity index (χ1) is 17.8. The topological polar surface area (TPSA) is 82.1 Å². The summed E-state index contributed by atoms with van der Waals surface area (Å²) in [6, 6.07) is 8.34. The van der Waals surface area contributed by atoms with Crippen molar-refractivity contribution in [2.45, 2.75) is 59.7 Å². The van der Waals surface area contributed by atoms with Crippen molar-refractivity contribution in [1.29, 1.82) is 0 Å². The van der Waals surface area contributed by atoms with Gasteiger partial charge >= 0.3 is 0 Å². The van der Waals surface area contributed by atoms with Crippen LogP contribution in [0.15, 0.2) is 24.3 Å². The minimum Gasteiger partial charge on any atom is -0.494 e. The molecule has 1 saturated heterocycles. The van der Waals surface area contributed by atoms with Crippen LogP contribution in [0.2, 0.25) is 0 Å². The molecule has 3 aliphatic rings. The molecule has 2 aliphatic heterocycles. The van der Waals surface area contributed by atoms with Crippen LogP contribution >= 0.6 is 0 Å². The first-order valence-corrected chi connectivity index (χ1v) is 13.5. The van der Waals surface area contributed by atoms with Gasteiger partial charge in [-0.15, -0.1) is 0 Å². The minimum atomic E-state index is -0.0234. The summed E-state index contributed by atoms with van der Waals surface area (Å²) >= 11 is 0. The maximum atomic E-state index is 13.4. The van der Waals surface area contributed by atoms with Crippen LogP contribution in [-0.4, -0.2) is 77.0 Å². The van der Waals surface area contributed by atoms with Crippen LogP contribution in [-0.2, 0) is 17.9 Å². The van der Waals surface area contributed by atoms with Gasteiger partial charge in [0.2, 0.25) is 11.9 Å². The highest BCUT2D eigenvalue weighted by molar-refractivity contribution is 5.98. The number of nitrogens with zero attached hydrogens (tertiary/aromatic N) is 6. The summed E-state index contributed by atoms with van der Waals surface area (Å²) in [6.07, 6.45) is 2.45. The Labute approximate surface area is 219 Å². The average Bonchev–Trinajstić information content (AvgIpc) is 3.65. The normalized spacial score (nSPS) is 17.4. The molecule has 0 bridgehead atoms. The SMILES string of the molecule is CCOc1ccc(CN(CC2CC2)c2nc(N3CCN(C(C)=O)CC3)nc3c2CN(C(C)C)C3=O)cc1. The quantitative estimate of drug-likeness (QED) is 0.516. The van der Waals surface area contributed by atoms with E-state index in [0.717, 1.165) is 23.7 Å². The molecule has 1 aromatic heterocycles. The summed E-state index contributed by atoms with van der Waals surface area (Å²) in [6.45, 7) is 13.0. The molecule has 0 N–H and O–H groups in total. The van der Waals surface area contributed by atoms with Crippen LogP contribution in [0.25, 0.3) is 0 Å². The van der Waals surface area contributed by atoms with Crippen molar-refractivity contribution in [1.82, 2.24) is 19.8 Å². The predicted molar refractivity (Wildman–Crippen MR) is 143 cm³/mol. The standard InChI is InChI=1S/C28H38N6O3/c1-5-37-23-10-8-22(9-11-23)17-33(16-21-6-7-21)26-24-18-34(19(2)3)27(36)25(24)29-28(30-26)32-14-12-31(13-15-32)20(4)35/h8-11,19,21H,5-7,12-18H2,1-4H3. The monoisotopic (exact) mass is 506 g/mol. The van der Waals surface area contributed by atoms with E-state index in [1.807, 2.05) is 42.7 Å². The number of carbonyl (C=O) groups is 2. The molecular formula is C28H38N6O3. The van der Waals surface area contributed by atoms with Crippen molar-refractivity contribution in [3.63, 3.8) is 0 Å². The number of aromatic nitrogens is 2. The number of hydrogen-bond acceptors (Lipinski definition) is 7. The lowest BCUT2D eigenvalue weighted by atomic mass is 10.1. The molecule has 0 atom stereocenters. The van der Waals surface area contributed by atoms with Gasteiger partial charge in [-0.05, 0) is 57.2 Å². The van der Waals surface area contributed by atoms with Gasteiger partial charge in [-0.1, -0.05) is 12.1 Å². The highest BCUT2D eigenvalue weighted by atomic mass is 16.5. The summed E-state index contributed by atoms with van der Waals surface area (Å²) in [5, 5.41) is 0. The van der Waals surface area contributed by atoms with E-state index in [-0.39, 0.29) is 17.9 Å². The van der Waals surface area contributed by atoms with Crippen molar-refractivity contribution < 1.29 is 14.3 Å². The zero-order valence-corrected chi connectivity index (χ0v) is 22.4. The lowest BCUT2D eigenvalue weighted by Gasteiger charge is -2.35. The largest absolute Gasteiger partial charge is 0.494 e. The van der Waals surface area contributed by atoms with E-state index in [9.17, 15) is 9.59 Å².